The first-order valence-corrected chi connectivity index (χ1v) is 19.4. The summed E-state index contributed by atoms with van der Waals surface area (Å²) in [6.45, 7) is 0. The Morgan fingerprint density at radius 1 is 0.351 bits per heavy atom. The molecule has 0 N–H and O–H groups in total. The van der Waals surface area contributed by atoms with Crippen LogP contribution in [0.15, 0.2) is 218 Å². The van der Waals surface area contributed by atoms with Crippen molar-refractivity contribution in [1.82, 2.24) is 14.1 Å². The van der Waals surface area contributed by atoms with Crippen LogP contribution in [0, 0.1) is 0 Å². The quantitative estimate of drug-likeness (QED) is 0.163. The number of para-hydroxylation sites is 5. The standard InChI is InChI=1S/C53H36N4/c1-6-20-37(21-7-1)46-34-42(35-47(54-46)38-22-8-2-9-23-38)57-49-33-19-17-31-44(49)51-50(55(39-24-10-3-11-25-39)40-26-12-4-13-27-40)36-45-43-30-16-18-32-48(43)56(52(45)53(51)57)41-28-14-5-15-29-41/h1-36H. The van der Waals surface area contributed by atoms with Crippen LogP contribution in [0.25, 0.3) is 77.5 Å². The van der Waals surface area contributed by atoms with Crippen LogP contribution in [-0.2, 0) is 0 Å². The smallest absolute Gasteiger partial charge is 0.0810 e. The number of hydrogen-bond acceptors (Lipinski definition) is 2. The number of pyridine rings is 1. The van der Waals surface area contributed by atoms with Gasteiger partial charge in [0.15, 0.2) is 0 Å². The second-order valence-electron chi connectivity index (χ2n) is 14.4. The number of benzene rings is 8. The minimum Gasteiger partial charge on any atom is -0.310 e. The molecule has 0 aliphatic rings. The first-order chi connectivity index (χ1) is 28.3. The lowest BCUT2D eigenvalue weighted by Crippen LogP contribution is -2.10. The molecule has 0 bridgehead atoms. The fourth-order valence-electron chi connectivity index (χ4n) is 8.61. The highest BCUT2D eigenvalue weighted by Crippen LogP contribution is 2.49. The van der Waals surface area contributed by atoms with Crippen molar-refractivity contribution in [2.45, 2.75) is 0 Å². The molecule has 3 heterocycles. The van der Waals surface area contributed by atoms with Gasteiger partial charge in [0.05, 0.1) is 44.8 Å². The van der Waals surface area contributed by atoms with E-state index in [2.05, 4.69) is 232 Å². The highest BCUT2D eigenvalue weighted by Gasteiger charge is 2.27. The predicted molar refractivity (Wildman–Crippen MR) is 238 cm³/mol. The van der Waals surface area contributed by atoms with E-state index in [0.29, 0.717) is 0 Å². The maximum Gasteiger partial charge on any atom is 0.0810 e. The zero-order chi connectivity index (χ0) is 37.7. The first-order valence-electron chi connectivity index (χ1n) is 19.4. The van der Waals surface area contributed by atoms with Gasteiger partial charge in [0.25, 0.3) is 0 Å². The Bertz CT molecular complexity index is 3110. The average molecular weight is 729 g/mol. The third-order valence-corrected chi connectivity index (χ3v) is 11.0. The SMILES string of the molecule is c1ccc(-c2cc(-n3c4ccccc4c4c(N(c5ccccc5)c5ccccc5)cc5c6ccccc6n(-c6ccccc6)c5c43)cc(-c3ccccc3)n2)cc1. The molecule has 0 amide bonds. The van der Waals surface area contributed by atoms with Gasteiger partial charge in [0.1, 0.15) is 0 Å². The van der Waals surface area contributed by atoms with Crippen molar-refractivity contribution in [3.8, 4) is 33.9 Å². The van der Waals surface area contributed by atoms with E-state index < -0.39 is 0 Å². The van der Waals surface area contributed by atoms with Gasteiger partial charge >= 0.3 is 0 Å². The predicted octanol–water partition coefficient (Wildman–Crippen LogP) is 14.1. The Labute approximate surface area is 330 Å². The van der Waals surface area contributed by atoms with Crippen molar-refractivity contribution >= 4 is 60.7 Å². The lowest BCUT2D eigenvalue weighted by Gasteiger charge is -2.27. The Morgan fingerprint density at radius 3 is 1.35 bits per heavy atom. The summed E-state index contributed by atoms with van der Waals surface area (Å²) >= 11 is 0. The van der Waals surface area contributed by atoms with Crippen molar-refractivity contribution in [3.05, 3.63) is 218 Å². The molecule has 4 nitrogen and oxygen atoms in total. The van der Waals surface area contributed by atoms with Crippen LogP contribution in [0.4, 0.5) is 17.1 Å². The van der Waals surface area contributed by atoms with E-state index in [1.165, 1.54) is 21.5 Å². The number of hydrogen-bond donors (Lipinski definition) is 0. The summed E-state index contributed by atoms with van der Waals surface area (Å²) in [6, 6.07) is 77.9. The highest BCUT2D eigenvalue weighted by atomic mass is 15.2. The number of rotatable bonds is 7. The lowest BCUT2D eigenvalue weighted by atomic mass is 10.0. The third-order valence-electron chi connectivity index (χ3n) is 11.0. The molecule has 0 spiro atoms. The van der Waals surface area contributed by atoms with Crippen molar-refractivity contribution in [2.24, 2.45) is 0 Å². The van der Waals surface area contributed by atoms with E-state index in [4.69, 9.17) is 4.98 Å². The molecule has 3 aromatic heterocycles. The summed E-state index contributed by atoms with van der Waals surface area (Å²) in [6.07, 6.45) is 0. The summed E-state index contributed by atoms with van der Waals surface area (Å²) in [4.78, 5) is 7.73. The number of anilines is 3. The summed E-state index contributed by atoms with van der Waals surface area (Å²) in [5.74, 6) is 0. The molecular weight excluding hydrogens is 693 g/mol. The fraction of sp³-hybridized carbons (Fsp3) is 0. The van der Waals surface area contributed by atoms with Crippen LogP contribution >= 0.6 is 0 Å². The summed E-state index contributed by atoms with van der Waals surface area (Å²) < 4.78 is 4.95. The molecule has 11 rings (SSSR count). The molecule has 0 atom stereocenters. The molecule has 4 heteroatoms. The monoisotopic (exact) mass is 728 g/mol. The average Bonchev–Trinajstić information content (AvgIpc) is 3.81. The van der Waals surface area contributed by atoms with Crippen molar-refractivity contribution in [2.75, 3.05) is 4.90 Å². The molecule has 0 unspecified atom stereocenters. The largest absolute Gasteiger partial charge is 0.310 e. The molecule has 0 saturated carbocycles. The Balaban J connectivity index is 1.37. The summed E-state index contributed by atoms with van der Waals surface area (Å²) in [7, 11) is 0. The van der Waals surface area contributed by atoms with E-state index in [-0.39, 0.29) is 0 Å². The maximum atomic E-state index is 5.30. The van der Waals surface area contributed by atoms with Crippen LogP contribution in [0.2, 0.25) is 0 Å². The number of nitrogens with zero attached hydrogens (tertiary/aromatic N) is 4. The summed E-state index contributed by atoms with van der Waals surface area (Å²) in [5.41, 5.74) is 14.0. The molecular formula is C53H36N4. The van der Waals surface area contributed by atoms with Crippen LogP contribution in [0.5, 0.6) is 0 Å². The van der Waals surface area contributed by atoms with Gasteiger partial charge in [-0.3, -0.25) is 0 Å². The van der Waals surface area contributed by atoms with Crippen LogP contribution in [0.1, 0.15) is 0 Å². The van der Waals surface area contributed by atoms with Crippen LogP contribution in [0.3, 0.4) is 0 Å². The van der Waals surface area contributed by atoms with Crippen molar-refractivity contribution < 1.29 is 0 Å². The number of fused-ring (bicyclic) bond motifs is 7. The van der Waals surface area contributed by atoms with Crippen molar-refractivity contribution in [3.63, 3.8) is 0 Å². The third kappa shape index (κ3) is 5.42. The van der Waals surface area contributed by atoms with Crippen LogP contribution in [-0.4, -0.2) is 14.1 Å². The Morgan fingerprint density at radius 2 is 0.789 bits per heavy atom. The maximum absolute atomic E-state index is 5.30. The summed E-state index contributed by atoms with van der Waals surface area (Å²) in [5, 5.41) is 4.72. The van der Waals surface area contributed by atoms with Gasteiger partial charge in [-0.2, -0.15) is 0 Å². The number of aromatic nitrogens is 3. The van der Waals surface area contributed by atoms with E-state index in [0.717, 1.165) is 73.0 Å². The highest BCUT2D eigenvalue weighted by molar-refractivity contribution is 6.28. The lowest BCUT2D eigenvalue weighted by molar-refractivity contribution is 1.14. The molecule has 0 fully saturated rings. The second-order valence-corrected chi connectivity index (χ2v) is 14.4. The molecule has 0 radical (unpaired) electrons. The van der Waals surface area contributed by atoms with Gasteiger partial charge in [-0.1, -0.05) is 152 Å². The van der Waals surface area contributed by atoms with Gasteiger partial charge in [-0.05, 0) is 66.7 Å². The fourth-order valence-corrected chi connectivity index (χ4v) is 8.61. The van der Waals surface area contributed by atoms with Crippen LogP contribution < -0.4 is 4.90 Å². The molecule has 268 valence electrons. The topological polar surface area (TPSA) is 26.0 Å². The van der Waals surface area contributed by atoms with E-state index in [9.17, 15) is 0 Å². The molecule has 11 aromatic rings. The van der Waals surface area contributed by atoms with E-state index >= 15 is 0 Å². The Kier molecular flexibility index (Phi) is 7.78. The minimum absolute atomic E-state index is 0.920. The van der Waals surface area contributed by atoms with Gasteiger partial charge in [0.2, 0.25) is 0 Å². The van der Waals surface area contributed by atoms with E-state index in [1.54, 1.807) is 0 Å². The van der Waals surface area contributed by atoms with Gasteiger partial charge in [-0.25, -0.2) is 4.98 Å². The molecule has 57 heavy (non-hydrogen) atoms. The first kappa shape index (κ1) is 32.7. The zero-order valence-electron chi connectivity index (χ0n) is 31.1. The Hall–Kier alpha value is -7.69. The molecule has 0 saturated heterocycles. The van der Waals surface area contributed by atoms with Gasteiger partial charge in [0, 0.05) is 49.7 Å². The van der Waals surface area contributed by atoms with Crippen molar-refractivity contribution in [1.29, 1.82) is 0 Å². The second kappa shape index (κ2) is 13.6. The zero-order valence-corrected chi connectivity index (χ0v) is 31.1. The molecule has 0 aliphatic carbocycles. The van der Waals surface area contributed by atoms with Gasteiger partial charge < -0.3 is 14.0 Å². The molecule has 0 aliphatic heterocycles. The van der Waals surface area contributed by atoms with Gasteiger partial charge in [-0.15, -0.1) is 0 Å². The normalized spacial score (nSPS) is 11.5. The molecule has 8 aromatic carbocycles. The minimum atomic E-state index is 0.920. The van der Waals surface area contributed by atoms with E-state index in [1.807, 2.05) is 0 Å².